The van der Waals surface area contributed by atoms with Gasteiger partial charge in [-0.2, -0.15) is 4.98 Å². The summed E-state index contributed by atoms with van der Waals surface area (Å²) in [5.74, 6) is 0.154. The van der Waals surface area contributed by atoms with Crippen LogP contribution >= 0.6 is 22.9 Å². The van der Waals surface area contributed by atoms with E-state index in [9.17, 15) is 4.79 Å². The Bertz CT molecular complexity index is 1020. The number of hydrogen-bond donors (Lipinski definition) is 0. The average molecular weight is 371 g/mol. The van der Waals surface area contributed by atoms with Crippen molar-refractivity contribution in [1.82, 2.24) is 10.1 Å². The quantitative estimate of drug-likeness (QED) is 0.475. The van der Waals surface area contributed by atoms with Gasteiger partial charge >= 0.3 is 5.97 Å². The molecule has 0 atom stereocenters. The molecule has 7 heteroatoms. The summed E-state index contributed by atoms with van der Waals surface area (Å²) in [6.45, 7) is -0.0927. The third kappa shape index (κ3) is 3.26. The zero-order chi connectivity index (χ0) is 17.2. The molecule has 0 aliphatic heterocycles. The molecule has 0 radical (unpaired) electrons. The largest absolute Gasteiger partial charge is 0.451 e. The standard InChI is InChI=1S/C18H11ClN2O3S/c19-13-7-3-2-6-12(13)17-20-16(24-21-17)10-23-18(22)15-9-11-5-1-4-8-14(11)25-15/h1-9H,10H2. The highest BCUT2D eigenvalue weighted by molar-refractivity contribution is 7.20. The van der Waals surface area contributed by atoms with Crippen LogP contribution in [-0.4, -0.2) is 16.1 Å². The Morgan fingerprint density at radius 2 is 1.96 bits per heavy atom. The van der Waals surface area contributed by atoms with Gasteiger partial charge < -0.3 is 9.26 Å². The number of carbonyl (C=O) groups is 1. The number of hydrogen-bond acceptors (Lipinski definition) is 6. The molecule has 4 aromatic rings. The van der Waals surface area contributed by atoms with Crippen LogP contribution in [0.15, 0.2) is 59.1 Å². The number of thiophene rings is 1. The van der Waals surface area contributed by atoms with Crippen molar-refractivity contribution in [2.45, 2.75) is 6.61 Å². The number of nitrogens with zero attached hydrogens (tertiary/aromatic N) is 2. The molecule has 0 aliphatic carbocycles. The van der Waals surface area contributed by atoms with Crippen LogP contribution < -0.4 is 0 Å². The Kier molecular flexibility index (Phi) is 4.21. The van der Waals surface area contributed by atoms with Crippen LogP contribution in [0.4, 0.5) is 0 Å². The second kappa shape index (κ2) is 6.66. The summed E-state index contributed by atoms with van der Waals surface area (Å²) in [5.41, 5.74) is 0.662. The van der Waals surface area contributed by atoms with Gasteiger partial charge in [-0.15, -0.1) is 11.3 Å². The van der Waals surface area contributed by atoms with Crippen molar-refractivity contribution in [3.63, 3.8) is 0 Å². The van der Waals surface area contributed by atoms with Gasteiger partial charge in [0.2, 0.25) is 5.82 Å². The molecule has 2 aromatic carbocycles. The molecule has 0 amide bonds. The number of aromatic nitrogens is 2. The Hall–Kier alpha value is -2.70. The minimum atomic E-state index is -0.418. The van der Waals surface area contributed by atoms with Gasteiger partial charge in [-0.1, -0.05) is 47.1 Å². The van der Waals surface area contributed by atoms with E-state index in [1.54, 1.807) is 12.1 Å². The summed E-state index contributed by atoms with van der Waals surface area (Å²) in [4.78, 5) is 16.9. The second-order valence-electron chi connectivity index (χ2n) is 5.22. The first-order valence-corrected chi connectivity index (χ1v) is 8.63. The maximum absolute atomic E-state index is 12.2. The van der Waals surface area contributed by atoms with Crippen LogP contribution in [0.1, 0.15) is 15.6 Å². The molecule has 25 heavy (non-hydrogen) atoms. The van der Waals surface area contributed by atoms with Gasteiger partial charge in [0.1, 0.15) is 4.88 Å². The van der Waals surface area contributed by atoms with Gasteiger partial charge in [0.05, 0.1) is 5.02 Å². The van der Waals surface area contributed by atoms with E-state index in [0.29, 0.717) is 21.3 Å². The van der Waals surface area contributed by atoms with Crippen LogP contribution in [-0.2, 0) is 11.3 Å². The predicted molar refractivity (Wildman–Crippen MR) is 95.7 cm³/mol. The molecule has 0 bridgehead atoms. The highest BCUT2D eigenvalue weighted by Crippen LogP contribution is 2.27. The van der Waals surface area contributed by atoms with E-state index in [-0.39, 0.29) is 12.5 Å². The molecule has 4 rings (SSSR count). The summed E-state index contributed by atoms with van der Waals surface area (Å²) >= 11 is 7.49. The minimum Gasteiger partial charge on any atom is -0.451 e. The number of halogens is 1. The maximum Gasteiger partial charge on any atom is 0.348 e. The lowest BCUT2D eigenvalue weighted by atomic mass is 10.2. The third-order valence-electron chi connectivity index (χ3n) is 3.54. The lowest BCUT2D eigenvalue weighted by Crippen LogP contribution is -2.03. The Morgan fingerprint density at radius 3 is 2.80 bits per heavy atom. The van der Waals surface area contributed by atoms with E-state index < -0.39 is 5.97 Å². The van der Waals surface area contributed by atoms with Crippen LogP contribution in [0.25, 0.3) is 21.5 Å². The molecule has 2 heterocycles. The lowest BCUT2D eigenvalue weighted by molar-refractivity contribution is 0.0435. The first-order chi connectivity index (χ1) is 12.2. The molecule has 0 saturated heterocycles. The molecule has 0 fully saturated rings. The fourth-order valence-corrected chi connectivity index (χ4v) is 3.52. The molecule has 2 aromatic heterocycles. The fraction of sp³-hybridized carbons (Fsp3) is 0.0556. The van der Waals surface area contributed by atoms with Crippen molar-refractivity contribution in [2.24, 2.45) is 0 Å². The van der Waals surface area contributed by atoms with Gasteiger partial charge in [-0.05, 0) is 29.7 Å². The Labute approximate surface area is 151 Å². The molecule has 124 valence electrons. The fourth-order valence-electron chi connectivity index (χ4n) is 2.35. The van der Waals surface area contributed by atoms with Gasteiger partial charge in [0.25, 0.3) is 5.89 Å². The number of ether oxygens (including phenoxy) is 1. The number of rotatable bonds is 4. The van der Waals surface area contributed by atoms with Crippen molar-refractivity contribution < 1.29 is 14.1 Å². The molecule has 0 spiro atoms. The second-order valence-corrected chi connectivity index (χ2v) is 6.71. The summed E-state index contributed by atoms with van der Waals surface area (Å²) in [6.07, 6.45) is 0. The molecule has 0 saturated carbocycles. The molecule has 5 nitrogen and oxygen atoms in total. The van der Waals surface area contributed by atoms with Gasteiger partial charge in [0.15, 0.2) is 6.61 Å². The lowest BCUT2D eigenvalue weighted by Gasteiger charge is -1.98. The highest BCUT2D eigenvalue weighted by Gasteiger charge is 2.15. The van der Waals surface area contributed by atoms with Crippen LogP contribution in [0.3, 0.4) is 0 Å². The van der Waals surface area contributed by atoms with E-state index in [4.69, 9.17) is 20.9 Å². The predicted octanol–water partition coefficient (Wildman–Crippen LogP) is 4.96. The van der Waals surface area contributed by atoms with E-state index in [1.807, 2.05) is 42.5 Å². The minimum absolute atomic E-state index is 0.0927. The zero-order valence-corrected chi connectivity index (χ0v) is 14.4. The van der Waals surface area contributed by atoms with E-state index in [0.717, 1.165) is 10.1 Å². The van der Waals surface area contributed by atoms with Gasteiger partial charge in [-0.3, -0.25) is 0 Å². The first kappa shape index (κ1) is 15.8. The smallest absolute Gasteiger partial charge is 0.348 e. The van der Waals surface area contributed by atoms with Crippen LogP contribution in [0.2, 0.25) is 5.02 Å². The first-order valence-electron chi connectivity index (χ1n) is 7.44. The number of carbonyl (C=O) groups excluding carboxylic acids is 1. The van der Waals surface area contributed by atoms with E-state index in [1.165, 1.54) is 11.3 Å². The maximum atomic E-state index is 12.2. The zero-order valence-electron chi connectivity index (χ0n) is 12.8. The SMILES string of the molecule is O=C(OCc1nc(-c2ccccc2Cl)no1)c1cc2ccccc2s1. The molecule has 0 N–H and O–H groups in total. The van der Waals surface area contributed by atoms with E-state index >= 15 is 0 Å². The number of esters is 1. The number of benzene rings is 2. The van der Waals surface area contributed by atoms with Gasteiger partial charge in [0, 0.05) is 10.3 Å². The summed E-state index contributed by atoms with van der Waals surface area (Å²) in [5, 5.41) is 5.41. The molecule has 0 unspecified atom stereocenters. The monoisotopic (exact) mass is 370 g/mol. The number of fused-ring (bicyclic) bond motifs is 1. The highest BCUT2D eigenvalue weighted by atomic mass is 35.5. The van der Waals surface area contributed by atoms with Crippen molar-refractivity contribution in [2.75, 3.05) is 0 Å². The topological polar surface area (TPSA) is 65.2 Å². The van der Waals surface area contributed by atoms with E-state index in [2.05, 4.69) is 10.1 Å². The normalized spacial score (nSPS) is 10.9. The summed E-state index contributed by atoms with van der Waals surface area (Å²) in [7, 11) is 0. The van der Waals surface area contributed by atoms with Crippen molar-refractivity contribution in [3.05, 3.63) is 70.4 Å². The summed E-state index contributed by atoms with van der Waals surface area (Å²) < 4.78 is 11.4. The average Bonchev–Trinajstić information content (AvgIpc) is 3.27. The summed E-state index contributed by atoms with van der Waals surface area (Å²) in [6, 6.07) is 16.8. The van der Waals surface area contributed by atoms with Crippen molar-refractivity contribution in [3.8, 4) is 11.4 Å². The Morgan fingerprint density at radius 1 is 1.16 bits per heavy atom. The van der Waals surface area contributed by atoms with Gasteiger partial charge in [-0.25, -0.2) is 4.79 Å². The third-order valence-corrected chi connectivity index (χ3v) is 4.96. The Balaban J connectivity index is 1.46. The molecular weight excluding hydrogens is 360 g/mol. The van der Waals surface area contributed by atoms with Crippen molar-refractivity contribution in [1.29, 1.82) is 0 Å². The van der Waals surface area contributed by atoms with Crippen LogP contribution in [0.5, 0.6) is 0 Å². The van der Waals surface area contributed by atoms with Crippen molar-refractivity contribution >= 4 is 39.0 Å². The van der Waals surface area contributed by atoms with Crippen LogP contribution in [0, 0.1) is 0 Å². The molecular formula is C18H11ClN2O3S. The molecule has 0 aliphatic rings.